The number of carbonyl (C=O) groups excluding carboxylic acids is 1. The maximum absolute atomic E-state index is 11.0. The number of rotatable bonds is 2. The molecule has 0 unspecified atom stereocenters. The summed E-state index contributed by atoms with van der Waals surface area (Å²) in [4.78, 5) is 12.5. The van der Waals surface area contributed by atoms with E-state index < -0.39 is 24.3 Å². The standard InChI is InChI=1S/C10H14N2O4/c11-9(15)6-2-1-3-12(4-6)10-8(14)7(13)5-16-10/h1,3-4,7-8,10,13-14H,2,5H2,(H2,11,15)/t7-,8-,10+/m1/s1. The van der Waals surface area contributed by atoms with Crippen LogP contribution < -0.4 is 5.73 Å². The van der Waals surface area contributed by atoms with Crippen molar-refractivity contribution in [2.45, 2.75) is 24.9 Å². The molecule has 1 fully saturated rings. The van der Waals surface area contributed by atoms with Gasteiger partial charge in [-0.05, 0) is 6.42 Å². The van der Waals surface area contributed by atoms with Crippen molar-refractivity contribution in [2.75, 3.05) is 6.61 Å². The molecule has 1 amide bonds. The van der Waals surface area contributed by atoms with Crippen LogP contribution in [0.1, 0.15) is 6.42 Å². The highest BCUT2D eigenvalue weighted by Crippen LogP contribution is 2.22. The molecule has 0 aromatic carbocycles. The summed E-state index contributed by atoms with van der Waals surface area (Å²) in [6.07, 6.45) is 2.89. The van der Waals surface area contributed by atoms with Crippen LogP contribution in [0.4, 0.5) is 0 Å². The number of nitrogens with zero attached hydrogens (tertiary/aromatic N) is 1. The molecule has 0 aromatic rings. The lowest BCUT2D eigenvalue weighted by molar-refractivity contribution is -0.114. The Morgan fingerprint density at radius 3 is 2.88 bits per heavy atom. The van der Waals surface area contributed by atoms with Gasteiger partial charge < -0.3 is 25.6 Å². The van der Waals surface area contributed by atoms with Crippen LogP contribution in [0.3, 0.4) is 0 Å². The van der Waals surface area contributed by atoms with E-state index in [9.17, 15) is 15.0 Å². The number of nitrogens with two attached hydrogens (primary N) is 1. The third kappa shape index (κ3) is 1.95. The highest BCUT2D eigenvalue weighted by Gasteiger charge is 2.37. The lowest BCUT2D eigenvalue weighted by Gasteiger charge is -2.28. The molecule has 0 bridgehead atoms. The van der Waals surface area contributed by atoms with E-state index in [-0.39, 0.29) is 6.61 Å². The summed E-state index contributed by atoms with van der Waals surface area (Å²) in [5.74, 6) is -0.498. The van der Waals surface area contributed by atoms with Gasteiger partial charge in [0.05, 0.1) is 6.61 Å². The number of hydrogen-bond acceptors (Lipinski definition) is 5. The molecule has 2 aliphatic heterocycles. The fourth-order valence-corrected chi connectivity index (χ4v) is 1.75. The molecule has 0 saturated carbocycles. The van der Waals surface area contributed by atoms with E-state index in [1.165, 1.54) is 6.20 Å². The highest BCUT2D eigenvalue weighted by atomic mass is 16.5. The smallest absolute Gasteiger partial charge is 0.246 e. The predicted octanol–water partition coefficient (Wildman–Crippen LogP) is -1.35. The normalized spacial score (nSPS) is 34.0. The Morgan fingerprint density at radius 1 is 1.56 bits per heavy atom. The number of allylic oxidation sites excluding steroid dienone is 1. The molecule has 0 aromatic heterocycles. The van der Waals surface area contributed by atoms with Gasteiger partial charge in [-0.1, -0.05) is 6.08 Å². The average Bonchev–Trinajstić information content (AvgIpc) is 2.60. The molecule has 0 aliphatic carbocycles. The number of amides is 1. The van der Waals surface area contributed by atoms with Gasteiger partial charge in [-0.15, -0.1) is 0 Å². The SMILES string of the molecule is NC(=O)C1=CN([C@H]2OC[C@@H](O)[C@H]2O)C=CC1. The summed E-state index contributed by atoms with van der Waals surface area (Å²) in [5, 5.41) is 19.0. The van der Waals surface area contributed by atoms with E-state index in [0.29, 0.717) is 12.0 Å². The van der Waals surface area contributed by atoms with Gasteiger partial charge >= 0.3 is 0 Å². The Bertz CT molecular complexity index is 353. The number of aliphatic hydroxyl groups excluding tert-OH is 2. The maximum atomic E-state index is 11.0. The molecule has 16 heavy (non-hydrogen) atoms. The molecule has 0 spiro atoms. The van der Waals surface area contributed by atoms with Crippen LogP contribution >= 0.6 is 0 Å². The van der Waals surface area contributed by atoms with Crippen molar-refractivity contribution in [1.29, 1.82) is 0 Å². The van der Waals surface area contributed by atoms with Crippen LogP contribution in [0.25, 0.3) is 0 Å². The molecule has 2 aliphatic rings. The van der Waals surface area contributed by atoms with Crippen molar-refractivity contribution >= 4 is 5.91 Å². The summed E-state index contributed by atoms with van der Waals surface area (Å²) in [7, 11) is 0. The molecule has 6 nitrogen and oxygen atoms in total. The second-order valence-electron chi connectivity index (χ2n) is 3.84. The van der Waals surface area contributed by atoms with Crippen LogP contribution in [-0.2, 0) is 9.53 Å². The van der Waals surface area contributed by atoms with Gasteiger partial charge in [0, 0.05) is 18.0 Å². The van der Waals surface area contributed by atoms with E-state index in [1.54, 1.807) is 17.2 Å². The van der Waals surface area contributed by atoms with Crippen LogP contribution in [0, 0.1) is 0 Å². The molecule has 6 heteroatoms. The van der Waals surface area contributed by atoms with Crippen LogP contribution in [0.2, 0.25) is 0 Å². The molecule has 4 N–H and O–H groups in total. The highest BCUT2D eigenvalue weighted by molar-refractivity contribution is 5.92. The Kier molecular flexibility index (Phi) is 2.95. The van der Waals surface area contributed by atoms with Crippen LogP contribution in [0.15, 0.2) is 24.0 Å². The van der Waals surface area contributed by atoms with Crippen molar-refractivity contribution in [3.8, 4) is 0 Å². The van der Waals surface area contributed by atoms with E-state index in [0.717, 1.165) is 0 Å². The number of hydrogen-bond donors (Lipinski definition) is 3. The minimum atomic E-state index is -0.992. The van der Waals surface area contributed by atoms with Gasteiger partial charge in [0.15, 0.2) is 6.23 Å². The number of carbonyl (C=O) groups is 1. The summed E-state index contributed by atoms with van der Waals surface area (Å²) < 4.78 is 5.22. The fraction of sp³-hybridized carbons (Fsp3) is 0.500. The summed E-state index contributed by atoms with van der Waals surface area (Å²) in [5.41, 5.74) is 5.61. The monoisotopic (exact) mass is 226 g/mol. The zero-order valence-electron chi connectivity index (χ0n) is 8.61. The minimum Gasteiger partial charge on any atom is -0.388 e. The molecule has 2 rings (SSSR count). The Hall–Kier alpha value is -1.37. The van der Waals surface area contributed by atoms with Crippen molar-refractivity contribution in [3.63, 3.8) is 0 Å². The van der Waals surface area contributed by atoms with Crippen molar-refractivity contribution < 1.29 is 19.7 Å². The quantitative estimate of drug-likeness (QED) is 0.541. The summed E-state index contributed by atoms with van der Waals surface area (Å²) in [6, 6.07) is 0. The Morgan fingerprint density at radius 2 is 2.31 bits per heavy atom. The first-order chi connectivity index (χ1) is 7.59. The second kappa shape index (κ2) is 4.25. The predicted molar refractivity (Wildman–Crippen MR) is 54.6 cm³/mol. The van der Waals surface area contributed by atoms with Crippen LogP contribution in [-0.4, -0.2) is 46.1 Å². The van der Waals surface area contributed by atoms with Gasteiger partial charge in [-0.2, -0.15) is 0 Å². The van der Waals surface area contributed by atoms with E-state index >= 15 is 0 Å². The van der Waals surface area contributed by atoms with Crippen molar-refractivity contribution in [3.05, 3.63) is 24.0 Å². The van der Waals surface area contributed by atoms with Crippen LogP contribution in [0.5, 0.6) is 0 Å². The number of aliphatic hydroxyl groups is 2. The molecule has 1 saturated heterocycles. The Balaban J connectivity index is 2.13. The fourth-order valence-electron chi connectivity index (χ4n) is 1.75. The van der Waals surface area contributed by atoms with Gasteiger partial charge in [-0.3, -0.25) is 4.79 Å². The lowest BCUT2D eigenvalue weighted by Crippen LogP contribution is -2.40. The van der Waals surface area contributed by atoms with Gasteiger partial charge in [0.2, 0.25) is 5.91 Å². The molecular weight excluding hydrogens is 212 g/mol. The van der Waals surface area contributed by atoms with E-state index in [2.05, 4.69) is 0 Å². The summed E-state index contributed by atoms with van der Waals surface area (Å²) >= 11 is 0. The molecule has 3 atom stereocenters. The number of ether oxygens (including phenoxy) is 1. The minimum absolute atomic E-state index is 0.0793. The van der Waals surface area contributed by atoms with Gasteiger partial charge in [-0.25, -0.2) is 0 Å². The molecular formula is C10H14N2O4. The average molecular weight is 226 g/mol. The largest absolute Gasteiger partial charge is 0.388 e. The third-order valence-electron chi connectivity index (χ3n) is 2.65. The van der Waals surface area contributed by atoms with Gasteiger partial charge in [0.1, 0.15) is 12.2 Å². The Labute approximate surface area is 92.6 Å². The first kappa shape index (κ1) is 11.1. The second-order valence-corrected chi connectivity index (χ2v) is 3.84. The van der Waals surface area contributed by atoms with E-state index in [1.807, 2.05) is 0 Å². The molecule has 2 heterocycles. The third-order valence-corrected chi connectivity index (χ3v) is 2.65. The molecule has 0 radical (unpaired) electrons. The zero-order chi connectivity index (χ0) is 11.7. The molecule has 88 valence electrons. The topological polar surface area (TPSA) is 96.0 Å². The number of primary amides is 1. The van der Waals surface area contributed by atoms with Crippen molar-refractivity contribution in [2.24, 2.45) is 5.73 Å². The summed E-state index contributed by atoms with van der Waals surface area (Å²) in [6.45, 7) is 0.0793. The van der Waals surface area contributed by atoms with Gasteiger partial charge in [0.25, 0.3) is 0 Å². The lowest BCUT2D eigenvalue weighted by atomic mass is 10.1. The zero-order valence-corrected chi connectivity index (χ0v) is 8.61. The maximum Gasteiger partial charge on any atom is 0.246 e. The first-order valence-electron chi connectivity index (χ1n) is 5.02. The van der Waals surface area contributed by atoms with E-state index in [4.69, 9.17) is 10.5 Å². The first-order valence-corrected chi connectivity index (χ1v) is 5.02. The van der Waals surface area contributed by atoms with Crippen molar-refractivity contribution in [1.82, 2.24) is 4.90 Å².